The standard InChI is InChI=1S/C9H14N2O2/c12-7-9(13)6-11-8-3-1-2-4-10-5-8/h1-3,5,9,11-13H,4,6-7H2. The zero-order valence-corrected chi connectivity index (χ0v) is 7.35. The molecule has 0 saturated carbocycles. The predicted octanol–water partition coefficient (Wildman–Crippen LogP) is -0.546. The van der Waals surface area contributed by atoms with E-state index in [9.17, 15) is 0 Å². The van der Waals surface area contributed by atoms with Crippen molar-refractivity contribution < 1.29 is 10.2 Å². The zero-order chi connectivity index (χ0) is 9.52. The van der Waals surface area contributed by atoms with Crippen molar-refractivity contribution in [3.8, 4) is 0 Å². The lowest BCUT2D eigenvalue weighted by molar-refractivity contribution is 0.0969. The molecule has 0 amide bonds. The van der Waals surface area contributed by atoms with E-state index in [-0.39, 0.29) is 6.61 Å². The van der Waals surface area contributed by atoms with Gasteiger partial charge in [0, 0.05) is 12.8 Å². The SMILES string of the molecule is OCC(O)CNC1=CC=CCN=C1. The van der Waals surface area contributed by atoms with Gasteiger partial charge in [-0.25, -0.2) is 0 Å². The van der Waals surface area contributed by atoms with Crippen molar-refractivity contribution in [3.05, 3.63) is 23.9 Å². The summed E-state index contributed by atoms with van der Waals surface area (Å²) in [7, 11) is 0. The lowest BCUT2D eigenvalue weighted by atomic mass is 10.3. The van der Waals surface area contributed by atoms with Crippen molar-refractivity contribution in [1.29, 1.82) is 0 Å². The molecule has 1 atom stereocenters. The van der Waals surface area contributed by atoms with Crippen molar-refractivity contribution in [3.63, 3.8) is 0 Å². The minimum absolute atomic E-state index is 0.229. The molecule has 0 fully saturated rings. The molecule has 3 N–H and O–H groups in total. The van der Waals surface area contributed by atoms with E-state index in [4.69, 9.17) is 10.2 Å². The van der Waals surface area contributed by atoms with Gasteiger partial charge >= 0.3 is 0 Å². The average molecular weight is 182 g/mol. The maximum atomic E-state index is 9.06. The van der Waals surface area contributed by atoms with Crippen molar-refractivity contribution >= 4 is 6.21 Å². The molecule has 0 radical (unpaired) electrons. The first kappa shape index (κ1) is 9.95. The highest BCUT2D eigenvalue weighted by Gasteiger charge is 2.01. The molecule has 0 aliphatic carbocycles. The molecule has 0 aromatic carbocycles. The van der Waals surface area contributed by atoms with Crippen molar-refractivity contribution in [2.75, 3.05) is 19.7 Å². The Morgan fingerprint density at radius 2 is 2.46 bits per heavy atom. The summed E-state index contributed by atoms with van der Waals surface area (Å²) in [5, 5.41) is 20.6. The molecule has 0 aromatic heterocycles. The van der Waals surface area contributed by atoms with Crippen LogP contribution in [0.2, 0.25) is 0 Å². The van der Waals surface area contributed by atoms with Gasteiger partial charge in [-0.15, -0.1) is 0 Å². The summed E-state index contributed by atoms with van der Waals surface area (Å²) in [6.45, 7) is 0.791. The fraction of sp³-hybridized carbons (Fsp3) is 0.444. The van der Waals surface area contributed by atoms with Crippen molar-refractivity contribution in [1.82, 2.24) is 5.32 Å². The Hall–Kier alpha value is -1.13. The highest BCUT2D eigenvalue weighted by atomic mass is 16.3. The summed E-state index contributed by atoms with van der Waals surface area (Å²) in [4.78, 5) is 4.07. The van der Waals surface area contributed by atoms with Gasteiger partial charge in [0.2, 0.25) is 0 Å². The lowest BCUT2D eigenvalue weighted by Gasteiger charge is -2.09. The zero-order valence-electron chi connectivity index (χ0n) is 7.35. The maximum Gasteiger partial charge on any atom is 0.0942 e. The van der Waals surface area contributed by atoms with Crippen LogP contribution in [0.3, 0.4) is 0 Å². The number of allylic oxidation sites excluding steroid dienone is 3. The number of rotatable bonds is 4. The molecule has 13 heavy (non-hydrogen) atoms. The molecule has 1 unspecified atom stereocenters. The van der Waals surface area contributed by atoms with Crippen LogP contribution in [0.1, 0.15) is 0 Å². The fourth-order valence-electron chi connectivity index (χ4n) is 0.892. The lowest BCUT2D eigenvalue weighted by Crippen LogP contribution is -2.29. The average Bonchev–Trinajstić information content (AvgIpc) is 2.42. The number of nitrogens with zero attached hydrogens (tertiary/aromatic N) is 1. The summed E-state index contributed by atoms with van der Waals surface area (Å²) < 4.78 is 0. The molecule has 72 valence electrons. The molecule has 0 spiro atoms. The second-order valence-electron chi connectivity index (χ2n) is 2.76. The van der Waals surface area contributed by atoms with Crippen LogP contribution in [0.5, 0.6) is 0 Å². The van der Waals surface area contributed by atoms with E-state index >= 15 is 0 Å². The molecule has 4 nitrogen and oxygen atoms in total. The van der Waals surface area contributed by atoms with Gasteiger partial charge in [-0.2, -0.15) is 0 Å². The number of aliphatic hydroxyl groups excluding tert-OH is 2. The monoisotopic (exact) mass is 182 g/mol. The van der Waals surface area contributed by atoms with E-state index in [0.29, 0.717) is 13.1 Å². The third-order valence-electron chi connectivity index (χ3n) is 1.61. The minimum atomic E-state index is -0.721. The minimum Gasteiger partial charge on any atom is -0.394 e. The number of aliphatic imine (C=N–C) groups is 1. The highest BCUT2D eigenvalue weighted by Crippen LogP contribution is 1.92. The largest absolute Gasteiger partial charge is 0.394 e. The first-order valence-corrected chi connectivity index (χ1v) is 4.22. The Morgan fingerprint density at radius 1 is 1.62 bits per heavy atom. The van der Waals surface area contributed by atoms with Crippen LogP contribution in [0, 0.1) is 0 Å². The summed E-state index contributed by atoms with van der Waals surface area (Å²) in [5.41, 5.74) is 0.848. The Labute approximate surface area is 77.3 Å². The predicted molar refractivity (Wildman–Crippen MR) is 51.7 cm³/mol. The molecule has 1 rings (SSSR count). The summed E-state index contributed by atoms with van der Waals surface area (Å²) in [5.74, 6) is 0. The van der Waals surface area contributed by atoms with E-state index in [1.54, 1.807) is 6.21 Å². The van der Waals surface area contributed by atoms with Gasteiger partial charge in [0.1, 0.15) is 0 Å². The Bertz CT molecular complexity index is 234. The van der Waals surface area contributed by atoms with Crippen LogP contribution in [-0.4, -0.2) is 42.2 Å². The quantitative estimate of drug-likeness (QED) is 0.547. The first-order chi connectivity index (χ1) is 6.33. The summed E-state index contributed by atoms with van der Waals surface area (Å²) >= 11 is 0. The van der Waals surface area contributed by atoms with Crippen LogP contribution in [0.25, 0.3) is 0 Å². The van der Waals surface area contributed by atoms with E-state index in [2.05, 4.69) is 10.3 Å². The van der Waals surface area contributed by atoms with Crippen LogP contribution in [-0.2, 0) is 0 Å². The van der Waals surface area contributed by atoms with Gasteiger partial charge in [0.05, 0.1) is 25.0 Å². The van der Waals surface area contributed by atoms with E-state index in [1.165, 1.54) is 0 Å². The Kier molecular flexibility index (Phi) is 4.21. The van der Waals surface area contributed by atoms with E-state index < -0.39 is 6.10 Å². The normalized spacial score (nSPS) is 17.8. The van der Waals surface area contributed by atoms with E-state index in [0.717, 1.165) is 5.70 Å². The Morgan fingerprint density at radius 3 is 3.23 bits per heavy atom. The Balaban J connectivity index is 2.35. The van der Waals surface area contributed by atoms with Gasteiger partial charge in [-0.3, -0.25) is 4.99 Å². The van der Waals surface area contributed by atoms with Crippen molar-refractivity contribution in [2.24, 2.45) is 4.99 Å². The third-order valence-corrected chi connectivity index (χ3v) is 1.61. The molecule has 0 bridgehead atoms. The van der Waals surface area contributed by atoms with Gasteiger partial charge in [-0.05, 0) is 6.08 Å². The summed E-state index contributed by atoms with van der Waals surface area (Å²) in [6, 6.07) is 0. The topological polar surface area (TPSA) is 64.8 Å². The van der Waals surface area contributed by atoms with Gasteiger partial charge in [-0.1, -0.05) is 12.2 Å². The molecule has 1 aliphatic rings. The molecule has 1 aliphatic heterocycles. The maximum absolute atomic E-state index is 9.06. The van der Waals surface area contributed by atoms with Gasteiger partial charge in [0.15, 0.2) is 0 Å². The van der Waals surface area contributed by atoms with Crippen LogP contribution in [0.4, 0.5) is 0 Å². The second kappa shape index (κ2) is 5.50. The fourth-order valence-corrected chi connectivity index (χ4v) is 0.892. The number of nitrogens with one attached hydrogen (secondary N) is 1. The number of aliphatic hydroxyl groups is 2. The second-order valence-corrected chi connectivity index (χ2v) is 2.76. The third kappa shape index (κ3) is 3.87. The molecule has 0 saturated heterocycles. The molecule has 0 aromatic rings. The van der Waals surface area contributed by atoms with Gasteiger partial charge in [0.25, 0.3) is 0 Å². The van der Waals surface area contributed by atoms with Crippen molar-refractivity contribution in [2.45, 2.75) is 6.10 Å². The van der Waals surface area contributed by atoms with E-state index in [1.807, 2.05) is 18.2 Å². The van der Waals surface area contributed by atoms with Crippen LogP contribution in [0.15, 0.2) is 28.9 Å². The smallest absolute Gasteiger partial charge is 0.0942 e. The van der Waals surface area contributed by atoms with Gasteiger partial charge < -0.3 is 15.5 Å². The van der Waals surface area contributed by atoms with Crippen LogP contribution >= 0.6 is 0 Å². The highest BCUT2D eigenvalue weighted by molar-refractivity contribution is 5.78. The molecule has 1 heterocycles. The molecular weight excluding hydrogens is 168 g/mol. The molecular formula is C9H14N2O2. The molecule has 4 heteroatoms. The number of hydrogen-bond donors (Lipinski definition) is 3. The van der Waals surface area contributed by atoms with Crippen LogP contribution < -0.4 is 5.32 Å². The first-order valence-electron chi connectivity index (χ1n) is 4.22. The number of hydrogen-bond acceptors (Lipinski definition) is 4. The summed E-state index contributed by atoms with van der Waals surface area (Å²) in [6.07, 6.45) is 6.71.